The molecule has 0 saturated carbocycles. The standard InChI is InChI=1S/C15H11N3O2S2/c1-9-7-21-14(17-9)10(6-16)12(19)8-22-15-18-11-4-2-3-5-13(11)20-15/h2-5,7,10H,8H2,1H3/t10-/m1/s1. The second kappa shape index (κ2) is 6.30. The molecule has 0 radical (unpaired) electrons. The molecule has 2 aromatic heterocycles. The van der Waals surface area contributed by atoms with Gasteiger partial charge in [0.25, 0.3) is 5.22 Å². The number of carbonyl (C=O) groups excluding carboxylic acids is 1. The van der Waals surface area contributed by atoms with Crippen molar-refractivity contribution >= 4 is 40.0 Å². The first kappa shape index (κ1) is 14.8. The number of thiazole rings is 1. The van der Waals surface area contributed by atoms with Gasteiger partial charge in [0.1, 0.15) is 10.5 Å². The number of carbonyl (C=O) groups is 1. The van der Waals surface area contributed by atoms with Crippen LogP contribution >= 0.6 is 23.1 Å². The van der Waals surface area contributed by atoms with Crippen molar-refractivity contribution in [2.45, 2.75) is 18.1 Å². The van der Waals surface area contributed by atoms with Gasteiger partial charge in [-0.1, -0.05) is 23.9 Å². The summed E-state index contributed by atoms with van der Waals surface area (Å²) in [5.41, 5.74) is 2.26. The number of aromatic nitrogens is 2. The van der Waals surface area contributed by atoms with Gasteiger partial charge in [-0.15, -0.1) is 11.3 Å². The number of hydrogen-bond donors (Lipinski definition) is 0. The van der Waals surface area contributed by atoms with E-state index in [2.05, 4.69) is 9.97 Å². The molecule has 1 aromatic carbocycles. The number of Topliss-reactive ketones (excluding diaryl/α,β-unsaturated/α-hetero) is 1. The van der Waals surface area contributed by atoms with E-state index in [-0.39, 0.29) is 11.5 Å². The van der Waals surface area contributed by atoms with Crippen molar-refractivity contribution in [1.82, 2.24) is 9.97 Å². The monoisotopic (exact) mass is 329 g/mol. The van der Waals surface area contributed by atoms with Crippen LogP contribution in [0, 0.1) is 18.3 Å². The third-order valence-corrected chi connectivity index (χ3v) is 4.82. The summed E-state index contributed by atoms with van der Waals surface area (Å²) in [5.74, 6) is -0.886. The molecule has 0 bridgehead atoms. The molecule has 0 aliphatic heterocycles. The van der Waals surface area contributed by atoms with E-state index in [0.29, 0.717) is 15.8 Å². The van der Waals surface area contributed by atoms with Crippen LogP contribution in [0.25, 0.3) is 11.1 Å². The van der Waals surface area contributed by atoms with Gasteiger partial charge in [0.15, 0.2) is 17.3 Å². The Balaban J connectivity index is 1.69. The SMILES string of the molecule is Cc1csc([C@H](C#N)C(=O)CSc2nc3ccccc3o2)n1. The highest BCUT2D eigenvalue weighted by atomic mass is 32.2. The lowest BCUT2D eigenvalue weighted by Gasteiger charge is -2.03. The molecule has 7 heteroatoms. The van der Waals surface area contributed by atoms with Crippen LogP contribution in [0.15, 0.2) is 39.3 Å². The number of aryl methyl sites for hydroxylation is 1. The van der Waals surface area contributed by atoms with Gasteiger partial charge in [0.05, 0.1) is 11.8 Å². The Bertz CT molecular complexity index is 830. The third-order valence-electron chi connectivity index (χ3n) is 2.95. The van der Waals surface area contributed by atoms with Crippen LogP contribution in [0.3, 0.4) is 0 Å². The summed E-state index contributed by atoms with van der Waals surface area (Å²) >= 11 is 2.53. The van der Waals surface area contributed by atoms with Crippen molar-refractivity contribution in [3.8, 4) is 6.07 Å². The van der Waals surface area contributed by atoms with Crippen molar-refractivity contribution < 1.29 is 9.21 Å². The summed E-state index contributed by atoms with van der Waals surface area (Å²) in [6.07, 6.45) is 0. The molecule has 0 unspecified atom stereocenters. The smallest absolute Gasteiger partial charge is 0.257 e. The molecule has 5 nitrogen and oxygen atoms in total. The number of rotatable bonds is 5. The zero-order chi connectivity index (χ0) is 15.5. The molecule has 0 N–H and O–H groups in total. The van der Waals surface area contributed by atoms with E-state index < -0.39 is 5.92 Å². The molecule has 2 heterocycles. The Hall–Kier alpha value is -2.17. The summed E-state index contributed by atoms with van der Waals surface area (Å²) < 4.78 is 5.55. The van der Waals surface area contributed by atoms with Crippen LogP contribution in [0.4, 0.5) is 0 Å². The average molecular weight is 329 g/mol. The van der Waals surface area contributed by atoms with Gasteiger partial charge in [0.2, 0.25) is 0 Å². The number of thioether (sulfide) groups is 1. The van der Waals surface area contributed by atoms with E-state index >= 15 is 0 Å². The molecule has 0 fully saturated rings. The molecule has 0 spiro atoms. The molecule has 22 heavy (non-hydrogen) atoms. The Morgan fingerprint density at radius 2 is 2.27 bits per heavy atom. The zero-order valence-electron chi connectivity index (χ0n) is 11.6. The van der Waals surface area contributed by atoms with Gasteiger partial charge in [-0.25, -0.2) is 9.97 Å². The van der Waals surface area contributed by atoms with Gasteiger partial charge in [-0.3, -0.25) is 4.79 Å². The Morgan fingerprint density at radius 1 is 1.45 bits per heavy atom. The van der Waals surface area contributed by atoms with Crippen LogP contribution in [0.5, 0.6) is 0 Å². The summed E-state index contributed by atoms with van der Waals surface area (Å²) in [6.45, 7) is 1.84. The summed E-state index contributed by atoms with van der Waals surface area (Å²) in [6, 6.07) is 9.44. The minimum Gasteiger partial charge on any atom is -0.431 e. The van der Waals surface area contributed by atoms with Gasteiger partial charge >= 0.3 is 0 Å². The molecule has 0 saturated heterocycles. The maximum Gasteiger partial charge on any atom is 0.257 e. The van der Waals surface area contributed by atoms with Crippen LogP contribution < -0.4 is 0 Å². The number of benzene rings is 1. The molecule has 3 rings (SSSR count). The fraction of sp³-hybridized carbons (Fsp3) is 0.200. The van der Waals surface area contributed by atoms with Crippen LogP contribution in [0.1, 0.15) is 16.6 Å². The highest BCUT2D eigenvalue weighted by Gasteiger charge is 2.23. The lowest BCUT2D eigenvalue weighted by Crippen LogP contribution is -2.13. The minimum absolute atomic E-state index is 0.129. The highest BCUT2D eigenvalue weighted by Crippen LogP contribution is 2.26. The maximum absolute atomic E-state index is 12.2. The second-order valence-corrected chi connectivity index (χ2v) is 6.41. The van der Waals surface area contributed by atoms with Crippen molar-refractivity contribution in [1.29, 1.82) is 5.26 Å². The Morgan fingerprint density at radius 3 is 2.95 bits per heavy atom. The molecule has 110 valence electrons. The highest BCUT2D eigenvalue weighted by molar-refractivity contribution is 7.99. The van der Waals surface area contributed by atoms with E-state index in [0.717, 1.165) is 11.2 Å². The number of para-hydroxylation sites is 2. The average Bonchev–Trinajstić information content (AvgIpc) is 3.12. The van der Waals surface area contributed by atoms with Crippen molar-refractivity contribution in [3.63, 3.8) is 0 Å². The quantitative estimate of drug-likeness (QED) is 0.666. The van der Waals surface area contributed by atoms with Gasteiger partial charge in [-0.2, -0.15) is 5.26 Å². The predicted octanol–water partition coefficient (Wildman–Crippen LogP) is 3.56. The molecular formula is C15H11N3O2S2. The summed E-state index contributed by atoms with van der Waals surface area (Å²) in [7, 11) is 0. The first-order chi connectivity index (χ1) is 10.7. The van der Waals surface area contributed by atoms with Gasteiger partial charge < -0.3 is 4.42 Å². The first-order valence-electron chi connectivity index (χ1n) is 6.50. The first-order valence-corrected chi connectivity index (χ1v) is 8.36. The van der Waals surface area contributed by atoms with Gasteiger partial charge in [-0.05, 0) is 19.1 Å². The van der Waals surface area contributed by atoms with Crippen LogP contribution in [-0.2, 0) is 4.79 Å². The fourth-order valence-electron chi connectivity index (χ4n) is 1.90. The van der Waals surface area contributed by atoms with E-state index in [1.165, 1.54) is 23.1 Å². The maximum atomic E-state index is 12.2. The van der Waals surface area contributed by atoms with E-state index in [1.807, 2.05) is 42.6 Å². The molecule has 1 atom stereocenters. The molecule has 3 aromatic rings. The zero-order valence-corrected chi connectivity index (χ0v) is 13.3. The fourth-order valence-corrected chi connectivity index (χ4v) is 3.50. The van der Waals surface area contributed by atoms with Crippen molar-refractivity contribution in [2.75, 3.05) is 5.75 Å². The van der Waals surface area contributed by atoms with Gasteiger partial charge in [0, 0.05) is 11.1 Å². The van der Waals surface area contributed by atoms with Crippen molar-refractivity contribution in [2.24, 2.45) is 0 Å². The molecule has 0 amide bonds. The number of nitrogens with zero attached hydrogens (tertiary/aromatic N) is 3. The van der Waals surface area contributed by atoms with E-state index in [1.54, 1.807) is 0 Å². The number of ketones is 1. The third kappa shape index (κ3) is 3.03. The largest absolute Gasteiger partial charge is 0.431 e. The topological polar surface area (TPSA) is 79.8 Å². The summed E-state index contributed by atoms with van der Waals surface area (Å²) in [4.78, 5) is 20.7. The second-order valence-electron chi connectivity index (χ2n) is 4.59. The number of fused-ring (bicyclic) bond motifs is 1. The van der Waals surface area contributed by atoms with E-state index in [4.69, 9.17) is 4.42 Å². The summed E-state index contributed by atoms with van der Waals surface area (Å²) in [5, 5.41) is 12.0. The lowest BCUT2D eigenvalue weighted by molar-refractivity contribution is -0.116. The lowest BCUT2D eigenvalue weighted by atomic mass is 10.1. The Labute approximate surface area is 135 Å². The van der Waals surface area contributed by atoms with Crippen LogP contribution in [-0.4, -0.2) is 21.5 Å². The molecular weight excluding hydrogens is 318 g/mol. The number of hydrogen-bond acceptors (Lipinski definition) is 7. The number of oxazole rings is 1. The molecule has 0 aliphatic carbocycles. The van der Waals surface area contributed by atoms with Crippen LogP contribution in [0.2, 0.25) is 0 Å². The number of nitriles is 1. The van der Waals surface area contributed by atoms with Crippen molar-refractivity contribution in [3.05, 3.63) is 40.3 Å². The van der Waals surface area contributed by atoms with E-state index in [9.17, 15) is 10.1 Å². The Kier molecular flexibility index (Phi) is 4.22. The predicted molar refractivity (Wildman–Crippen MR) is 84.9 cm³/mol. The minimum atomic E-state index is -0.824. The molecule has 0 aliphatic rings. The normalized spacial score (nSPS) is 12.2.